The van der Waals surface area contributed by atoms with Gasteiger partial charge < -0.3 is 9.47 Å². The molecule has 0 unspecified atom stereocenters. The first-order valence-corrected chi connectivity index (χ1v) is 5.01. The predicted molar refractivity (Wildman–Crippen MR) is 54.3 cm³/mol. The van der Waals surface area contributed by atoms with Crippen molar-refractivity contribution in [1.82, 2.24) is 0 Å². The van der Waals surface area contributed by atoms with Crippen LogP contribution in [0.3, 0.4) is 0 Å². The number of nitrogens with zero attached hydrogens (tertiary/aromatic N) is 1. The fourth-order valence-electron chi connectivity index (χ4n) is 1.89. The van der Waals surface area contributed by atoms with Gasteiger partial charge in [-0.2, -0.15) is 0 Å². The van der Waals surface area contributed by atoms with Gasteiger partial charge in [-0.15, -0.1) is 0 Å². The van der Waals surface area contributed by atoms with Crippen molar-refractivity contribution in [1.29, 1.82) is 0 Å². The van der Waals surface area contributed by atoms with Crippen LogP contribution in [0.5, 0.6) is 11.5 Å². The molecule has 2 amide bonds. The molecular formula is C11H9NO4. The number of imide groups is 1. The first kappa shape index (κ1) is 9.21. The van der Waals surface area contributed by atoms with Crippen LogP contribution in [0.15, 0.2) is 18.2 Å². The maximum absolute atomic E-state index is 11.5. The van der Waals surface area contributed by atoms with Crippen molar-refractivity contribution >= 4 is 17.5 Å². The molecular weight excluding hydrogens is 210 g/mol. The standard InChI is InChI=1S/C11H9NO4/c13-10-3-4-11(14)12(10)7-1-2-8-9(5-7)16-6-15-8/h1-2,5H,3-4,6H2. The molecule has 1 aromatic rings. The van der Waals surface area contributed by atoms with Crippen LogP contribution >= 0.6 is 0 Å². The van der Waals surface area contributed by atoms with E-state index < -0.39 is 0 Å². The summed E-state index contributed by atoms with van der Waals surface area (Å²) in [7, 11) is 0. The van der Waals surface area contributed by atoms with E-state index in [2.05, 4.69) is 0 Å². The largest absolute Gasteiger partial charge is 0.454 e. The normalized spacial score (nSPS) is 18.4. The van der Waals surface area contributed by atoms with Gasteiger partial charge in [-0.3, -0.25) is 14.5 Å². The fraction of sp³-hybridized carbons (Fsp3) is 0.273. The molecule has 0 spiro atoms. The minimum Gasteiger partial charge on any atom is -0.454 e. The quantitative estimate of drug-likeness (QED) is 0.663. The molecule has 16 heavy (non-hydrogen) atoms. The first-order chi connectivity index (χ1) is 7.75. The Hall–Kier alpha value is -2.04. The lowest BCUT2D eigenvalue weighted by Gasteiger charge is -2.13. The highest BCUT2D eigenvalue weighted by molar-refractivity contribution is 6.19. The minimum absolute atomic E-state index is 0.163. The third-order valence-corrected chi connectivity index (χ3v) is 2.67. The summed E-state index contributed by atoms with van der Waals surface area (Å²) >= 11 is 0. The second-order valence-corrected chi connectivity index (χ2v) is 3.66. The summed E-state index contributed by atoms with van der Waals surface area (Å²) in [6, 6.07) is 5.05. The van der Waals surface area contributed by atoms with E-state index in [4.69, 9.17) is 9.47 Å². The second kappa shape index (κ2) is 3.23. The fourth-order valence-corrected chi connectivity index (χ4v) is 1.89. The Morgan fingerprint density at radius 2 is 1.69 bits per heavy atom. The third kappa shape index (κ3) is 1.25. The predicted octanol–water partition coefficient (Wildman–Crippen LogP) is 1.07. The van der Waals surface area contributed by atoms with Crippen molar-refractivity contribution in [3.63, 3.8) is 0 Å². The van der Waals surface area contributed by atoms with E-state index in [0.29, 0.717) is 17.2 Å². The van der Waals surface area contributed by atoms with E-state index in [1.54, 1.807) is 18.2 Å². The van der Waals surface area contributed by atoms with Gasteiger partial charge in [0.1, 0.15) is 0 Å². The number of carbonyl (C=O) groups excluding carboxylic acids is 2. The molecule has 1 fully saturated rings. The topological polar surface area (TPSA) is 55.8 Å². The minimum atomic E-state index is -0.163. The van der Waals surface area contributed by atoms with Crippen molar-refractivity contribution < 1.29 is 19.1 Å². The van der Waals surface area contributed by atoms with Crippen LogP contribution in [0.25, 0.3) is 0 Å². The Kier molecular flexibility index (Phi) is 1.86. The highest BCUT2D eigenvalue weighted by Gasteiger charge is 2.31. The van der Waals surface area contributed by atoms with Crippen molar-refractivity contribution in [3.05, 3.63) is 18.2 Å². The maximum atomic E-state index is 11.5. The number of benzene rings is 1. The Balaban J connectivity index is 2.00. The van der Waals surface area contributed by atoms with Gasteiger partial charge in [0.2, 0.25) is 18.6 Å². The summed E-state index contributed by atoms with van der Waals surface area (Å²) in [4.78, 5) is 24.2. The zero-order chi connectivity index (χ0) is 11.1. The van der Waals surface area contributed by atoms with E-state index >= 15 is 0 Å². The molecule has 0 aliphatic carbocycles. The highest BCUT2D eigenvalue weighted by Crippen LogP contribution is 2.36. The summed E-state index contributed by atoms with van der Waals surface area (Å²) < 4.78 is 10.4. The van der Waals surface area contributed by atoms with Crippen molar-refractivity contribution in [3.8, 4) is 11.5 Å². The smallest absolute Gasteiger partial charge is 0.234 e. The number of carbonyl (C=O) groups is 2. The van der Waals surface area contributed by atoms with Crippen LogP contribution in [0.4, 0.5) is 5.69 Å². The third-order valence-electron chi connectivity index (χ3n) is 2.67. The Bertz CT molecular complexity index is 467. The van der Waals surface area contributed by atoms with Crippen molar-refractivity contribution in [2.75, 3.05) is 11.7 Å². The van der Waals surface area contributed by atoms with Crippen LogP contribution in [-0.4, -0.2) is 18.6 Å². The second-order valence-electron chi connectivity index (χ2n) is 3.66. The Morgan fingerprint density at radius 1 is 1.00 bits per heavy atom. The maximum Gasteiger partial charge on any atom is 0.234 e. The zero-order valence-electron chi connectivity index (χ0n) is 8.43. The number of fused-ring (bicyclic) bond motifs is 1. The lowest BCUT2D eigenvalue weighted by molar-refractivity contribution is -0.121. The molecule has 5 heteroatoms. The monoisotopic (exact) mass is 219 g/mol. The summed E-state index contributed by atoms with van der Waals surface area (Å²) in [6.45, 7) is 0.181. The molecule has 2 aliphatic rings. The van der Waals surface area contributed by atoms with Gasteiger partial charge in [-0.25, -0.2) is 0 Å². The van der Waals surface area contributed by atoms with Crippen LogP contribution < -0.4 is 14.4 Å². The molecule has 5 nitrogen and oxygen atoms in total. The van der Waals surface area contributed by atoms with Crippen LogP contribution in [0.1, 0.15) is 12.8 Å². The number of hydrogen-bond acceptors (Lipinski definition) is 4. The van der Waals surface area contributed by atoms with Gasteiger partial charge in [0.25, 0.3) is 0 Å². The number of ether oxygens (including phenoxy) is 2. The van der Waals surface area contributed by atoms with Crippen molar-refractivity contribution in [2.24, 2.45) is 0 Å². The van der Waals surface area contributed by atoms with Crippen molar-refractivity contribution in [2.45, 2.75) is 12.8 Å². The van der Waals surface area contributed by atoms with Crippen LogP contribution in [0.2, 0.25) is 0 Å². The highest BCUT2D eigenvalue weighted by atomic mass is 16.7. The molecule has 2 aliphatic heterocycles. The van der Waals surface area contributed by atoms with Gasteiger partial charge in [-0.05, 0) is 12.1 Å². The Morgan fingerprint density at radius 3 is 2.44 bits per heavy atom. The number of amides is 2. The van der Waals surface area contributed by atoms with E-state index in [1.165, 1.54) is 4.90 Å². The molecule has 0 aromatic heterocycles. The number of anilines is 1. The lowest BCUT2D eigenvalue weighted by Crippen LogP contribution is -2.28. The SMILES string of the molecule is O=C1CCC(=O)N1c1ccc2c(c1)OCO2. The van der Waals surface area contributed by atoms with Gasteiger partial charge in [0, 0.05) is 18.9 Å². The van der Waals surface area contributed by atoms with Gasteiger partial charge in [0.05, 0.1) is 5.69 Å². The van der Waals surface area contributed by atoms with E-state index in [-0.39, 0.29) is 31.4 Å². The molecule has 0 N–H and O–H groups in total. The average molecular weight is 219 g/mol. The molecule has 0 atom stereocenters. The molecule has 2 heterocycles. The summed E-state index contributed by atoms with van der Waals surface area (Å²) in [5.41, 5.74) is 0.553. The van der Waals surface area contributed by atoms with Gasteiger partial charge in [-0.1, -0.05) is 0 Å². The molecule has 1 aromatic carbocycles. The number of rotatable bonds is 1. The van der Waals surface area contributed by atoms with Crippen LogP contribution in [-0.2, 0) is 9.59 Å². The molecule has 0 saturated carbocycles. The zero-order valence-corrected chi connectivity index (χ0v) is 8.43. The van der Waals surface area contributed by atoms with Gasteiger partial charge in [0.15, 0.2) is 11.5 Å². The molecule has 1 saturated heterocycles. The van der Waals surface area contributed by atoms with E-state index in [0.717, 1.165) is 0 Å². The average Bonchev–Trinajstić information content (AvgIpc) is 2.85. The molecule has 0 radical (unpaired) electrons. The van der Waals surface area contributed by atoms with Gasteiger partial charge >= 0.3 is 0 Å². The molecule has 82 valence electrons. The molecule has 3 rings (SSSR count). The van der Waals surface area contributed by atoms with E-state index in [1.807, 2.05) is 0 Å². The number of hydrogen-bond donors (Lipinski definition) is 0. The summed E-state index contributed by atoms with van der Waals surface area (Å²) in [6.07, 6.45) is 0.570. The van der Waals surface area contributed by atoms with Crippen LogP contribution in [0, 0.1) is 0 Å². The Labute approximate surface area is 91.6 Å². The summed E-state index contributed by atoms with van der Waals surface area (Å²) in [5, 5.41) is 0. The lowest BCUT2D eigenvalue weighted by atomic mass is 10.2. The molecule has 0 bridgehead atoms. The summed E-state index contributed by atoms with van der Waals surface area (Å²) in [5.74, 6) is 0.889. The first-order valence-electron chi connectivity index (χ1n) is 5.01. The van der Waals surface area contributed by atoms with E-state index in [9.17, 15) is 9.59 Å².